The van der Waals surface area contributed by atoms with Gasteiger partial charge in [-0.1, -0.05) is 30.3 Å². The lowest BCUT2D eigenvalue weighted by molar-refractivity contribution is -0.116. The summed E-state index contributed by atoms with van der Waals surface area (Å²) in [5.74, 6) is -0.162. The second-order valence-corrected chi connectivity index (χ2v) is 5.41. The minimum absolute atomic E-state index is 0.162. The van der Waals surface area contributed by atoms with E-state index in [0.29, 0.717) is 0 Å². The van der Waals surface area contributed by atoms with Crippen LogP contribution in [0.1, 0.15) is 22.7 Å². The van der Waals surface area contributed by atoms with Crippen molar-refractivity contribution in [2.24, 2.45) is 7.05 Å². The van der Waals surface area contributed by atoms with Crippen LogP contribution in [0.15, 0.2) is 73.3 Å². The molecule has 0 saturated heterocycles. The first-order valence-electron chi connectivity index (χ1n) is 7.64. The van der Waals surface area contributed by atoms with Gasteiger partial charge >= 0.3 is 0 Å². The van der Waals surface area contributed by atoms with E-state index in [9.17, 15) is 4.79 Å². The lowest BCUT2D eigenvalue weighted by atomic mass is 9.99. The van der Waals surface area contributed by atoms with Gasteiger partial charge in [-0.25, -0.2) is 0 Å². The van der Waals surface area contributed by atoms with Gasteiger partial charge in [0.05, 0.1) is 12.2 Å². The zero-order valence-corrected chi connectivity index (χ0v) is 13.3. The number of pyridine rings is 1. The highest BCUT2D eigenvalue weighted by Crippen LogP contribution is 2.21. The summed E-state index contributed by atoms with van der Waals surface area (Å²) in [6, 6.07) is 13.5. The Hall–Kier alpha value is -3.21. The average Bonchev–Trinajstić information content (AvgIpc) is 3.05. The Balaban J connectivity index is 1.79. The van der Waals surface area contributed by atoms with Gasteiger partial charge in [0.2, 0.25) is 5.91 Å². The molecule has 24 heavy (non-hydrogen) atoms. The van der Waals surface area contributed by atoms with Crippen LogP contribution in [0.4, 0.5) is 0 Å². The summed E-state index contributed by atoms with van der Waals surface area (Å²) in [4.78, 5) is 16.4. The van der Waals surface area contributed by atoms with Gasteiger partial charge < -0.3 is 5.32 Å². The number of carbonyl (C=O) groups excluding carboxylic acids is 1. The van der Waals surface area contributed by atoms with Gasteiger partial charge in [0.1, 0.15) is 0 Å². The van der Waals surface area contributed by atoms with Crippen molar-refractivity contribution in [2.45, 2.75) is 6.04 Å². The fourth-order valence-corrected chi connectivity index (χ4v) is 2.45. The van der Waals surface area contributed by atoms with Crippen molar-refractivity contribution in [3.63, 3.8) is 0 Å². The number of hydrogen-bond donors (Lipinski definition) is 1. The first-order valence-corrected chi connectivity index (χ1v) is 7.64. The van der Waals surface area contributed by atoms with Crippen molar-refractivity contribution in [3.05, 3.63) is 90.0 Å². The minimum atomic E-state index is -0.222. The number of nitrogens with one attached hydrogen (secondary N) is 1. The number of amides is 1. The molecule has 2 heterocycles. The van der Waals surface area contributed by atoms with Gasteiger partial charge in [-0.15, -0.1) is 0 Å². The number of aryl methyl sites for hydroxylation is 1. The monoisotopic (exact) mass is 318 g/mol. The molecule has 0 bridgehead atoms. The van der Waals surface area contributed by atoms with E-state index in [2.05, 4.69) is 15.4 Å². The number of rotatable bonds is 5. The molecule has 3 aromatic rings. The zero-order valence-electron chi connectivity index (χ0n) is 13.3. The molecular weight excluding hydrogens is 300 g/mol. The highest BCUT2D eigenvalue weighted by molar-refractivity contribution is 5.92. The molecule has 0 aliphatic carbocycles. The number of nitrogens with zero attached hydrogens (tertiary/aromatic N) is 3. The fourth-order valence-electron chi connectivity index (χ4n) is 2.45. The largest absolute Gasteiger partial charge is 0.342 e. The molecule has 1 N–H and O–H groups in total. The van der Waals surface area contributed by atoms with Crippen molar-refractivity contribution in [1.82, 2.24) is 20.1 Å². The van der Waals surface area contributed by atoms with Crippen LogP contribution in [0.5, 0.6) is 0 Å². The molecular formula is C19H18N4O. The van der Waals surface area contributed by atoms with E-state index in [1.807, 2.05) is 55.7 Å². The third kappa shape index (κ3) is 3.95. The molecule has 1 amide bonds. The van der Waals surface area contributed by atoms with Crippen LogP contribution < -0.4 is 5.32 Å². The molecule has 0 fully saturated rings. The summed E-state index contributed by atoms with van der Waals surface area (Å²) in [5, 5.41) is 7.12. The molecule has 1 atom stereocenters. The molecule has 5 heteroatoms. The predicted octanol–water partition coefficient (Wildman–Crippen LogP) is 2.73. The normalized spacial score (nSPS) is 12.2. The van der Waals surface area contributed by atoms with Crippen molar-refractivity contribution in [3.8, 4) is 0 Å². The fraction of sp³-hybridized carbons (Fsp3) is 0.105. The molecule has 0 spiro atoms. The van der Waals surface area contributed by atoms with Gasteiger partial charge in [-0.3, -0.25) is 14.5 Å². The predicted molar refractivity (Wildman–Crippen MR) is 92.9 cm³/mol. The molecule has 0 radical (unpaired) electrons. The third-order valence-corrected chi connectivity index (χ3v) is 3.61. The van der Waals surface area contributed by atoms with Crippen molar-refractivity contribution >= 4 is 12.0 Å². The highest BCUT2D eigenvalue weighted by Gasteiger charge is 2.15. The maximum absolute atomic E-state index is 12.3. The van der Waals surface area contributed by atoms with E-state index < -0.39 is 0 Å². The Morgan fingerprint density at radius 3 is 2.50 bits per heavy atom. The van der Waals surface area contributed by atoms with Crippen LogP contribution >= 0.6 is 0 Å². The van der Waals surface area contributed by atoms with Gasteiger partial charge in [-0.2, -0.15) is 5.10 Å². The van der Waals surface area contributed by atoms with Crippen LogP contribution in [-0.4, -0.2) is 20.7 Å². The number of carbonyl (C=O) groups is 1. The second-order valence-electron chi connectivity index (χ2n) is 5.41. The summed E-state index contributed by atoms with van der Waals surface area (Å²) < 4.78 is 1.70. The van der Waals surface area contributed by atoms with Crippen LogP contribution in [0.25, 0.3) is 6.08 Å². The van der Waals surface area contributed by atoms with Gasteiger partial charge in [0, 0.05) is 37.3 Å². The van der Waals surface area contributed by atoms with E-state index in [1.165, 1.54) is 6.08 Å². The highest BCUT2D eigenvalue weighted by atomic mass is 16.1. The minimum Gasteiger partial charge on any atom is -0.342 e. The smallest absolute Gasteiger partial charge is 0.244 e. The summed E-state index contributed by atoms with van der Waals surface area (Å²) in [6.45, 7) is 0. The summed E-state index contributed by atoms with van der Waals surface area (Å²) in [7, 11) is 1.84. The molecule has 0 saturated carbocycles. The average molecular weight is 318 g/mol. The Bertz CT molecular complexity index is 785. The van der Waals surface area contributed by atoms with Crippen molar-refractivity contribution in [1.29, 1.82) is 0 Å². The van der Waals surface area contributed by atoms with Crippen LogP contribution in [0, 0.1) is 0 Å². The van der Waals surface area contributed by atoms with E-state index in [1.54, 1.807) is 29.3 Å². The molecule has 1 aromatic carbocycles. The number of benzene rings is 1. The Kier molecular flexibility index (Phi) is 4.81. The van der Waals surface area contributed by atoms with E-state index in [0.717, 1.165) is 16.7 Å². The van der Waals surface area contributed by atoms with E-state index in [4.69, 9.17) is 0 Å². The topological polar surface area (TPSA) is 59.8 Å². The number of aromatic nitrogens is 3. The Labute approximate surface area is 140 Å². The van der Waals surface area contributed by atoms with Crippen LogP contribution in [0.2, 0.25) is 0 Å². The summed E-state index contributed by atoms with van der Waals surface area (Å²) in [6.07, 6.45) is 10.3. The standard InChI is InChI=1S/C19H18N4O/c1-23-14-15(13-21-23)7-8-18(24)22-19(16-5-3-2-4-6-16)17-9-11-20-12-10-17/h2-14,19H,1H3,(H,22,24)/b8-7+. The van der Waals surface area contributed by atoms with E-state index in [-0.39, 0.29) is 11.9 Å². The first-order chi connectivity index (χ1) is 11.7. The second kappa shape index (κ2) is 7.37. The molecule has 3 rings (SSSR count). The molecule has 0 aliphatic rings. The van der Waals surface area contributed by atoms with Crippen molar-refractivity contribution < 1.29 is 4.79 Å². The lowest BCUT2D eigenvalue weighted by Gasteiger charge is -2.18. The molecule has 120 valence electrons. The van der Waals surface area contributed by atoms with Crippen LogP contribution in [-0.2, 0) is 11.8 Å². The summed E-state index contributed by atoms with van der Waals surface area (Å²) in [5.41, 5.74) is 2.89. The maximum Gasteiger partial charge on any atom is 0.244 e. The van der Waals surface area contributed by atoms with Crippen LogP contribution in [0.3, 0.4) is 0 Å². The molecule has 1 unspecified atom stereocenters. The molecule has 2 aromatic heterocycles. The maximum atomic E-state index is 12.3. The number of hydrogen-bond acceptors (Lipinski definition) is 3. The third-order valence-electron chi connectivity index (χ3n) is 3.61. The lowest BCUT2D eigenvalue weighted by Crippen LogP contribution is -2.27. The SMILES string of the molecule is Cn1cc(/C=C/C(=O)NC(c2ccccc2)c2ccncc2)cn1. The quantitative estimate of drug-likeness (QED) is 0.736. The van der Waals surface area contributed by atoms with Gasteiger partial charge in [0.15, 0.2) is 0 Å². The Morgan fingerprint density at radius 2 is 1.83 bits per heavy atom. The Morgan fingerprint density at radius 1 is 1.12 bits per heavy atom. The van der Waals surface area contributed by atoms with Gasteiger partial charge in [0.25, 0.3) is 0 Å². The van der Waals surface area contributed by atoms with Crippen molar-refractivity contribution in [2.75, 3.05) is 0 Å². The van der Waals surface area contributed by atoms with E-state index >= 15 is 0 Å². The zero-order chi connectivity index (χ0) is 16.8. The first kappa shape index (κ1) is 15.7. The molecule has 0 aliphatic heterocycles. The molecule has 5 nitrogen and oxygen atoms in total. The van der Waals surface area contributed by atoms with Gasteiger partial charge in [-0.05, 0) is 29.3 Å². The summed E-state index contributed by atoms with van der Waals surface area (Å²) >= 11 is 0.